The zero-order chi connectivity index (χ0) is 20.0. The number of hydrogen-bond acceptors (Lipinski definition) is 5. The number of nitrogens with one attached hydrogen (secondary N) is 2. The smallest absolute Gasteiger partial charge is 0.271 e. The van der Waals surface area contributed by atoms with Gasteiger partial charge >= 0.3 is 0 Å². The van der Waals surface area contributed by atoms with Crippen LogP contribution in [0, 0.1) is 6.92 Å². The summed E-state index contributed by atoms with van der Waals surface area (Å²) >= 11 is 0. The van der Waals surface area contributed by atoms with Crippen molar-refractivity contribution in [2.24, 2.45) is 5.10 Å². The molecule has 2 aromatic carbocycles. The van der Waals surface area contributed by atoms with Gasteiger partial charge in [0.15, 0.2) is 0 Å². The number of hydrazone groups is 1. The summed E-state index contributed by atoms with van der Waals surface area (Å²) in [5.41, 5.74) is 4.90. The molecule has 0 aliphatic heterocycles. The maximum Gasteiger partial charge on any atom is 0.271 e. The SMILES string of the molecule is Cc1ccc(S(=O)(=O)Nc2ccc(C(=O)N/N=C/c3ccncc3)cc2)cc1. The predicted octanol–water partition coefficient (Wildman–Crippen LogP) is 2.95. The maximum atomic E-state index is 12.4. The van der Waals surface area contributed by atoms with Gasteiger partial charge < -0.3 is 0 Å². The van der Waals surface area contributed by atoms with E-state index in [9.17, 15) is 13.2 Å². The van der Waals surface area contributed by atoms with Crippen molar-refractivity contribution >= 4 is 27.8 Å². The summed E-state index contributed by atoms with van der Waals surface area (Å²) < 4.78 is 27.3. The molecule has 0 unspecified atom stereocenters. The van der Waals surface area contributed by atoms with Gasteiger partial charge in [-0.05, 0) is 61.0 Å². The average molecular weight is 394 g/mol. The van der Waals surface area contributed by atoms with Crippen molar-refractivity contribution in [2.75, 3.05) is 4.72 Å². The van der Waals surface area contributed by atoms with E-state index in [1.807, 2.05) is 6.92 Å². The zero-order valence-electron chi connectivity index (χ0n) is 15.0. The Hall–Kier alpha value is -3.52. The first-order chi connectivity index (χ1) is 13.4. The number of nitrogens with zero attached hydrogens (tertiary/aromatic N) is 2. The zero-order valence-corrected chi connectivity index (χ0v) is 15.8. The Labute approximate surface area is 163 Å². The number of pyridine rings is 1. The number of amides is 1. The lowest BCUT2D eigenvalue weighted by atomic mass is 10.2. The standard InChI is InChI=1S/C20H18N4O3S/c1-15-2-8-19(9-3-15)28(26,27)24-18-6-4-17(5-7-18)20(25)23-22-14-16-10-12-21-13-11-16/h2-14,24H,1H3,(H,23,25)/b22-14+. The van der Waals surface area contributed by atoms with Gasteiger partial charge in [0, 0.05) is 23.6 Å². The second-order valence-corrected chi connectivity index (χ2v) is 7.66. The van der Waals surface area contributed by atoms with Crippen LogP contribution < -0.4 is 10.1 Å². The van der Waals surface area contributed by atoms with Gasteiger partial charge in [-0.15, -0.1) is 0 Å². The van der Waals surface area contributed by atoms with Crippen LogP contribution in [-0.4, -0.2) is 25.5 Å². The number of carbonyl (C=O) groups is 1. The second kappa shape index (κ2) is 8.45. The van der Waals surface area contributed by atoms with Gasteiger partial charge in [0.2, 0.25) is 0 Å². The Bertz CT molecular complexity index is 1080. The molecule has 0 bridgehead atoms. The van der Waals surface area contributed by atoms with Crippen LogP contribution in [0.15, 0.2) is 83.1 Å². The van der Waals surface area contributed by atoms with E-state index in [2.05, 4.69) is 20.2 Å². The van der Waals surface area contributed by atoms with Crippen LogP contribution in [0.1, 0.15) is 21.5 Å². The molecule has 28 heavy (non-hydrogen) atoms. The Morgan fingerprint density at radius 3 is 2.25 bits per heavy atom. The number of carbonyl (C=O) groups excluding carboxylic acids is 1. The highest BCUT2D eigenvalue weighted by molar-refractivity contribution is 7.92. The minimum atomic E-state index is -3.69. The molecule has 0 saturated heterocycles. The number of hydrogen-bond donors (Lipinski definition) is 2. The molecule has 0 aliphatic carbocycles. The molecule has 2 N–H and O–H groups in total. The lowest BCUT2D eigenvalue weighted by Gasteiger charge is -2.09. The number of aryl methyl sites for hydroxylation is 1. The van der Waals surface area contributed by atoms with E-state index in [1.54, 1.807) is 48.8 Å². The van der Waals surface area contributed by atoms with E-state index in [4.69, 9.17) is 0 Å². The molecule has 3 aromatic rings. The fourth-order valence-corrected chi connectivity index (χ4v) is 3.36. The number of sulfonamides is 1. The third kappa shape index (κ3) is 5.01. The first-order valence-corrected chi connectivity index (χ1v) is 9.85. The van der Waals surface area contributed by atoms with Crippen LogP contribution in [0.2, 0.25) is 0 Å². The molecule has 0 aliphatic rings. The fourth-order valence-electron chi connectivity index (χ4n) is 2.30. The Morgan fingerprint density at radius 2 is 1.61 bits per heavy atom. The molecule has 8 heteroatoms. The molecular weight excluding hydrogens is 376 g/mol. The van der Waals surface area contributed by atoms with Crippen LogP contribution >= 0.6 is 0 Å². The van der Waals surface area contributed by atoms with Crippen molar-refractivity contribution in [3.63, 3.8) is 0 Å². The molecule has 0 radical (unpaired) electrons. The third-order valence-electron chi connectivity index (χ3n) is 3.82. The van der Waals surface area contributed by atoms with Crippen molar-refractivity contribution in [3.05, 3.63) is 89.7 Å². The molecule has 1 aromatic heterocycles. The Morgan fingerprint density at radius 1 is 0.964 bits per heavy atom. The normalized spacial score (nSPS) is 11.3. The summed E-state index contributed by atoms with van der Waals surface area (Å²) in [7, 11) is -3.69. The van der Waals surface area contributed by atoms with E-state index < -0.39 is 15.9 Å². The molecule has 0 spiro atoms. The number of rotatable bonds is 6. The van der Waals surface area contributed by atoms with Gasteiger partial charge in [-0.2, -0.15) is 5.10 Å². The van der Waals surface area contributed by atoms with Gasteiger partial charge in [0.1, 0.15) is 0 Å². The van der Waals surface area contributed by atoms with E-state index in [0.29, 0.717) is 11.3 Å². The minimum Gasteiger partial charge on any atom is -0.280 e. The van der Waals surface area contributed by atoms with E-state index in [-0.39, 0.29) is 4.90 Å². The molecular formula is C20H18N4O3S. The average Bonchev–Trinajstić information content (AvgIpc) is 2.69. The van der Waals surface area contributed by atoms with Crippen molar-refractivity contribution in [3.8, 4) is 0 Å². The first kappa shape index (κ1) is 19.2. The van der Waals surface area contributed by atoms with Gasteiger partial charge in [0.05, 0.1) is 11.1 Å². The molecule has 142 valence electrons. The molecule has 0 saturated carbocycles. The minimum absolute atomic E-state index is 0.172. The summed E-state index contributed by atoms with van der Waals surface area (Å²) in [5.74, 6) is -0.404. The number of anilines is 1. The van der Waals surface area contributed by atoms with Crippen molar-refractivity contribution in [2.45, 2.75) is 11.8 Å². The summed E-state index contributed by atoms with van der Waals surface area (Å²) in [6.45, 7) is 1.88. The quantitative estimate of drug-likeness (QED) is 0.496. The lowest BCUT2D eigenvalue weighted by molar-refractivity contribution is 0.0955. The summed E-state index contributed by atoms with van der Waals surface area (Å²) in [5, 5.41) is 3.88. The molecule has 3 rings (SSSR count). The summed E-state index contributed by atoms with van der Waals surface area (Å²) in [4.78, 5) is 16.2. The predicted molar refractivity (Wildman–Crippen MR) is 108 cm³/mol. The molecule has 0 fully saturated rings. The molecule has 1 heterocycles. The van der Waals surface area contributed by atoms with Gasteiger partial charge in [-0.1, -0.05) is 17.7 Å². The molecule has 1 amide bonds. The van der Waals surface area contributed by atoms with Crippen molar-refractivity contribution in [1.29, 1.82) is 0 Å². The Balaban J connectivity index is 1.63. The van der Waals surface area contributed by atoms with Crippen LogP contribution in [-0.2, 0) is 10.0 Å². The van der Waals surface area contributed by atoms with Crippen molar-refractivity contribution in [1.82, 2.24) is 10.4 Å². The fraction of sp³-hybridized carbons (Fsp3) is 0.0500. The van der Waals surface area contributed by atoms with E-state index in [1.165, 1.54) is 30.5 Å². The third-order valence-corrected chi connectivity index (χ3v) is 5.21. The van der Waals surface area contributed by atoms with Crippen LogP contribution in [0.4, 0.5) is 5.69 Å². The summed E-state index contributed by atoms with van der Waals surface area (Å²) in [6.07, 6.45) is 4.75. The lowest BCUT2D eigenvalue weighted by Crippen LogP contribution is -2.18. The largest absolute Gasteiger partial charge is 0.280 e. The van der Waals surface area contributed by atoms with E-state index >= 15 is 0 Å². The maximum absolute atomic E-state index is 12.4. The highest BCUT2D eigenvalue weighted by Gasteiger charge is 2.14. The number of aromatic nitrogens is 1. The summed E-state index contributed by atoms with van der Waals surface area (Å²) in [6, 6.07) is 16.1. The second-order valence-electron chi connectivity index (χ2n) is 5.98. The Kier molecular flexibility index (Phi) is 5.81. The number of benzene rings is 2. The van der Waals surface area contributed by atoms with Crippen LogP contribution in [0.25, 0.3) is 0 Å². The van der Waals surface area contributed by atoms with Crippen LogP contribution in [0.5, 0.6) is 0 Å². The van der Waals surface area contributed by atoms with Crippen molar-refractivity contribution < 1.29 is 13.2 Å². The molecule has 0 atom stereocenters. The molecule has 7 nitrogen and oxygen atoms in total. The van der Waals surface area contributed by atoms with Gasteiger partial charge in [0.25, 0.3) is 15.9 Å². The first-order valence-electron chi connectivity index (χ1n) is 8.37. The van der Waals surface area contributed by atoms with E-state index in [0.717, 1.165) is 11.1 Å². The highest BCUT2D eigenvalue weighted by Crippen LogP contribution is 2.17. The topological polar surface area (TPSA) is 101 Å². The van der Waals surface area contributed by atoms with Gasteiger partial charge in [-0.25, -0.2) is 13.8 Å². The highest BCUT2D eigenvalue weighted by atomic mass is 32.2. The van der Waals surface area contributed by atoms with Crippen LogP contribution in [0.3, 0.4) is 0 Å². The monoisotopic (exact) mass is 394 g/mol. The van der Waals surface area contributed by atoms with Gasteiger partial charge in [-0.3, -0.25) is 14.5 Å².